The summed E-state index contributed by atoms with van der Waals surface area (Å²) >= 11 is 0. The van der Waals surface area contributed by atoms with Gasteiger partial charge in [0, 0.05) is 18.8 Å². The molecule has 0 bridgehead atoms. The van der Waals surface area contributed by atoms with Crippen molar-refractivity contribution in [3.8, 4) is 5.69 Å². The Morgan fingerprint density at radius 2 is 1.97 bits per heavy atom. The summed E-state index contributed by atoms with van der Waals surface area (Å²) in [6.45, 7) is 2.08. The standard InChI is InChI=1S/C20H21FN6O3S/c1-14-23-24-25-27(14)19-12-16(9-10-18(19)21)22-20(28)15-6-5-11-26(13-15)31(29,30)17-7-3-2-4-8-17/h2-4,7-10,12,15H,5-6,11,13H2,1H3,(H,22,28). The zero-order valence-corrected chi connectivity index (χ0v) is 17.6. The number of hydrogen-bond donors (Lipinski definition) is 1. The Labute approximate surface area is 178 Å². The maximum absolute atomic E-state index is 14.2. The Bertz CT molecular complexity index is 1200. The molecule has 0 spiro atoms. The van der Waals surface area contributed by atoms with Crippen LogP contribution in [0.25, 0.3) is 5.69 Å². The van der Waals surface area contributed by atoms with Crippen LogP contribution in [-0.2, 0) is 14.8 Å². The maximum Gasteiger partial charge on any atom is 0.243 e. The molecule has 1 unspecified atom stereocenters. The SMILES string of the molecule is Cc1nnnn1-c1cc(NC(=O)C2CCCN(S(=O)(=O)c3ccccc3)C2)ccc1F. The van der Waals surface area contributed by atoms with Crippen LogP contribution in [0, 0.1) is 18.7 Å². The van der Waals surface area contributed by atoms with Crippen molar-refractivity contribution in [2.45, 2.75) is 24.7 Å². The third kappa shape index (κ3) is 4.32. The van der Waals surface area contributed by atoms with Gasteiger partial charge in [-0.15, -0.1) is 5.10 Å². The van der Waals surface area contributed by atoms with Crippen molar-refractivity contribution < 1.29 is 17.6 Å². The third-order valence-electron chi connectivity index (χ3n) is 5.20. The molecule has 4 rings (SSSR count). The first-order valence-electron chi connectivity index (χ1n) is 9.77. The summed E-state index contributed by atoms with van der Waals surface area (Å²) in [5.74, 6) is -0.975. The number of carbonyl (C=O) groups is 1. The van der Waals surface area contributed by atoms with Gasteiger partial charge in [-0.25, -0.2) is 12.8 Å². The van der Waals surface area contributed by atoms with Crippen LogP contribution in [0.3, 0.4) is 0 Å². The van der Waals surface area contributed by atoms with E-state index in [2.05, 4.69) is 20.8 Å². The molecule has 1 aromatic heterocycles. The van der Waals surface area contributed by atoms with Crippen molar-refractivity contribution in [2.75, 3.05) is 18.4 Å². The van der Waals surface area contributed by atoms with E-state index in [1.807, 2.05) is 0 Å². The molecule has 9 nitrogen and oxygen atoms in total. The Morgan fingerprint density at radius 1 is 1.19 bits per heavy atom. The molecule has 11 heteroatoms. The lowest BCUT2D eigenvalue weighted by Crippen LogP contribution is -2.43. The van der Waals surface area contributed by atoms with Crippen molar-refractivity contribution in [2.24, 2.45) is 5.92 Å². The van der Waals surface area contributed by atoms with Crippen LogP contribution in [0.1, 0.15) is 18.7 Å². The minimum absolute atomic E-state index is 0.0865. The second-order valence-corrected chi connectivity index (χ2v) is 9.25. The van der Waals surface area contributed by atoms with E-state index >= 15 is 0 Å². The van der Waals surface area contributed by atoms with Crippen molar-refractivity contribution in [3.05, 3.63) is 60.2 Å². The molecule has 0 saturated carbocycles. The molecule has 31 heavy (non-hydrogen) atoms. The molecule has 1 saturated heterocycles. The number of sulfonamides is 1. The first-order chi connectivity index (χ1) is 14.9. The number of rotatable bonds is 5. The summed E-state index contributed by atoms with van der Waals surface area (Å²) in [5, 5.41) is 13.8. The normalized spacial score (nSPS) is 17.4. The number of aromatic nitrogens is 4. The fourth-order valence-corrected chi connectivity index (χ4v) is 5.11. The van der Waals surface area contributed by atoms with E-state index in [4.69, 9.17) is 0 Å². The number of tetrazole rings is 1. The molecule has 1 N–H and O–H groups in total. The smallest absolute Gasteiger partial charge is 0.243 e. The summed E-state index contributed by atoms with van der Waals surface area (Å²) in [5.41, 5.74) is 0.483. The highest BCUT2D eigenvalue weighted by atomic mass is 32.2. The molecule has 2 aromatic carbocycles. The molecule has 162 valence electrons. The minimum atomic E-state index is -3.67. The fourth-order valence-electron chi connectivity index (χ4n) is 3.57. The quantitative estimate of drug-likeness (QED) is 0.646. The van der Waals surface area contributed by atoms with E-state index in [1.165, 1.54) is 27.2 Å². The molecule has 1 aliphatic heterocycles. The Hall–Kier alpha value is -3.18. The fraction of sp³-hybridized carbons (Fsp3) is 0.300. The molecule has 0 radical (unpaired) electrons. The molecule has 2 heterocycles. The van der Waals surface area contributed by atoms with Crippen LogP contribution in [0.4, 0.5) is 10.1 Å². The number of hydrogen-bond acceptors (Lipinski definition) is 6. The van der Waals surface area contributed by atoms with Gasteiger partial charge in [0.2, 0.25) is 15.9 Å². The predicted molar refractivity (Wildman–Crippen MR) is 110 cm³/mol. The number of benzene rings is 2. The number of nitrogens with one attached hydrogen (secondary N) is 1. The van der Waals surface area contributed by atoms with Crippen molar-refractivity contribution in [1.82, 2.24) is 24.5 Å². The summed E-state index contributed by atoms with van der Waals surface area (Å²) in [6, 6.07) is 12.3. The molecular formula is C20H21FN6O3S. The van der Waals surface area contributed by atoms with Crippen molar-refractivity contribution in [1.29, 1.82) is 0 Å². The summed E-state index contributed by atoms with van der Waals surface area (Å²) in [7, 11) is -3.67. The van der Waals surface area contributed by atoms with Crippen LogP contribution in [0.5, 0.6) is 0 Å². The van der Waals surface area contributed by atoms with E-state index in [0.717, 1.165) is 0 Å². The monoisotopic (exact) mass is 444 g/mol. The lowest BCUT2D eigenvalue weighted by atomic mass is 9.98. The summed E-state index contributed by atoms with van der Waals surface area (Å²) in [6.07, 6.45) is 1.13. The van der Waals surface area contributed by atoms with Crippen molar-refractivity contribution in [3.63, 3.8) is 0 Å². The second kappa shape index (κ2) is 8.52. The van der Waals surface area contributed by atoms with Crippen LogP contribution in [-0.4, -0.2) is 51.9 Å². The topological polar surface area (TPSA) is 110 Å². The summed E-state index contributed by atoms with van der Waals surface area (Å²) in [4.78, 5) is 13.1. The van der Waals surface area contributed by atoms with Gasteiger partial charge >= 0.3 is 0 Å². The molecule has 1 atom stereocenters. The third-order valence-corrected chi connectivity index (χ3v) is 7.08. The van der Waals surface area contributed by atoms with E-state index in [9.17, 15) is 17.6 Å². The Kier molecular flexibility index (Phi) is 5.79. The number of halogens is 1. The highest BCUT2D eigenvalue weighted by molar-refractivity contribution is 7.89. The molecule has 3 aromatic rings. The molecule has 1 fully saturated rings. The van der Waals surface area contributed by atoms with Gasteiger partial charge in [-0.2, -0.15) is 8.99 Å². The number of aryl methyl sites for hydroxylation is 1. The van der Waals surface area contributed by atoms with Crippen LogP contribution in [0.15, 0.2) is 53.4 Å². The average Bonchev–Trinajstić information content (AvgIpc) is 3.21. The number of amides is 1. The maximum atomic E-state index is 14.2. The van der Waals surface area contributed by atoms with Crippen LogP contribution >= 0.6 is 0 Å². The van der Waals surface area contributed by atoms with Crippen LogP contribution in [0.2, 0.25) is 0 Å². The molecular weight excluding hydrogens is 423 g/mol. The van der Waals surface area contributed by atoms with Crippen molar-refractivity contribution >= 4 is 21.6 Å². The molecule has 1 aliphatic rings. The number of carbonyl (C=O) groups excluding carboxylic acids is 1. The van der Waals surface area contributed by atoms with Gasteiger partial charge in [-0.05, 0) is 60.5 Å². The van der Waals surface area contributed by atoms with E-state index in [1.54, 1.807) is 37.3 Å². The van der Waals surface area contributed by atoms with Gasteiger partial charge in [0.1, 0.15) is 11.5 Å². The number of nitrogens with zero attached hydrogens (tertiary/aromatic N) is 5. The van der Waals surface area contributed by atoms with Crippen LogP contribution < -0.4 is 5.32 Å². The molecule has 1 amide bonds. The average molecular weight is 444 g/mol. The van der Waals surface area contributed by atoms with Gasteiger partial charge < -0.3 is 5.32 Å². The van der Waals surface area contributed by atoms with Gasteiger partial charge in [0.15, 0.2) is 5.82 Å². The zero-order valence-electron chi connectivity index (χ0n) is 16.8. The second-order valence-electron chi connectivity index (χ2n) is 7.31. The van der Waals surface area contributed by atoms with E-state index < -0.39 is 21.8 Å². The highest BCUT2D eigenvalue weighted by Crippen LogP contribution is 2.25. The Morgan fingerprint density at radius 3 is 2.68 bits per heavy atom. The van der Waals surface area contributed by atoms with Gasteiger partial charge in [0.05, 0.1) is 10.8 Å². The Balaban J connectivity index is 1.50. The van der Waals surface area contributed by atoms with Gasteiger partial charge in [-0.1, -0.05) is 18.2 Å². The highest BCUT2D eigenvalue weighted by Gasteiger charge is 2.33. The first-order valence-corrected chi connectivity index (χ1v) is 11.2. The number of piperidine rings is 1. The zero-order chi connectivity index (χ0) is 22.0. The van der Waals surface area contributed by atoms with E-state index in [-0.39, 0.29) is 23.0 Å². The van der Waals surface area contributed by atoms with Gasteiger partial charge in [0.25, 0.3) is 0 Å². The van der Waals surface area contributed by atoms with E-state index in [0.29, 0.717) is 30.9 Å². The number of anilines is 1. The lowest BCUT2D eigenvalue weighted by Gasteiger charge is -2.31. The molecule has 0 aliphatic carbocycles. The summed E-state index contributed by atoms with van der Waals surface area (Å²) < 4.78 is 42.6. The minimum Gasteiger partial charge on any atom is -0.326 e. The van der Waals surface area contributed by atoms with Gasteiger partial charge in [-0.3, -0.25) is 4.79 Å². The first kappa shape index (κ1) is 21.1. The predicted octanol–water partition coefficient (Wildman–Crippen LogP) is 2.15. The largest absolute Gasteiger partial charge is 0.326 e. The lowest BCUT2D eigenvalue weighted by molar-refractivity contribution is -0.120.